The molecule has 0 fully saturated rings. The summed E-state index contributed by atoms with van der Waals surface area (Å²) in [5, 5.41) is 11.1. The Hall–Kier alpha value is -2.74. The van der Waals surface area contributed by atoms with Gasteiger partial charge in [0.2, 0.25) is 0 Å². The van der Waals surface area contributed by atoms with Gasteiger partial charge >= 0.3 is 11.8 Å². The van der Waals surface area contributed by atoms with Gasteiger partial charge in [0, 0.05) is 24.4 Å². The Labute approximate surface area is 188 Å². The number of rotatable bonds is 7. The number of pyridine rings is 1. The first kappa shape index (κ1) is 23.9. The van der Waals surface area contributed by atoms with Crippen LogP contribution in [0, 0.1) is 6.92 Å². The van der Waals surface area contributed by atoms with Crippen molar-refractivity contribution in [2.24, 2.45) is 0 Å². The van der Waals surface area contributed by atoms with E-state index in [1.165, 1.54) is 23.9 Å². The monoisotopic (exact) mass is 463 g/mol. The van der Waals surface area contributed by atoms with Crippen molar-refractivity contribution >= 4 is 11.8 Å². The Bertz CT molecular complexity index is 1130. The van der Waals surface area contributed by atoms with E-state index in [1.54, 1.807) is 0 Å². The lowest BCUT2D eigenvalue weighted by Crippen LogP contribution is -2.09. The topological polar surface area (TPSA) is 63.3 Å². The highest BCUT2D eigenvalue weighted by Crippen LogP contribution is 2.34. The quantitative estimate of drug-likeness (QED) is 0.423. The minimum Gasteiger partial charge on any atom is -0.507 e. The summed E-state index contributed by atoms with van der Waals surface area (Å²) < 4.78 is 43.4. The minimum absolute atomic E-state index is 0.137. The summed E-state index contributed by atoms with van der Waals surface area (Å²) in [7, 11) is 0. The Balaban J connectivity index is 1.79. The molecule has 3 rings (SSSR count). The van der Waals surface area contributed by atoms with Crippen molar-refractivity contribution in [2.75, 3.05) is 5.75 Å². The summed E-state index contributed by atoms with van der Waals surface area (Å²) in [4.78, 5) is 16.6. The SMILES string of the molecule is CCc1cc(C)cc(CC)c1-c1c(O)cc(CCSc2ccc(C(F)(F)F)cn2)oc1=O. The number of thioether (sulfide) groups is 1. The van der Waals surface area contributed by atoms with Gasteiger partial charge in [-0.05, 0) is 48.6 Å². The van der Waals surface area contributed by atoms with Gasteiger partial charge < -0.3 is 9.52 Å². The fraction of sp³-hybridized carbons (Fsp3) is 0.333. The molecule has 0 saturated carbocycles. The molecule has 0 aliphatic rings. The molecule has 4 nitrogen and oxygen atoms in total. The zero-order valence-corrected chi connectivity index (χ0v) is 18.9. The maximum absolute atomic E-state index is 12.8. The molecule has 1 aromatic carbocycles. The maximum atomic E-state index is 12.8. The van der Waals surface area contributed by atoms with Crippen molar-refractivity contribution < 1.29 is 22.7 Å². The van der Waals surface area contributed by atoms with E-state index < -0.39 is 17.4 Å². The largest absolute Gasteiger partial charge is 0.507 e. The lowest BCUT2D eigenvalue weighted by molar-refractivity contribution is -0.137. The molecule has 32 heavy (non-hydrogen) atoms. The van der Waals surface area contributed by atoms with Crippen LogP contribution in [0.5, 0.6) is 5.75 Å². The highest BCUT2D eigenvalue weighted by molar-refractivity contribution is 7.99. The second-order valence-electron chi connectivity index (χ2n) is 7.41. The van der Waals surface area contributed by atoms with Crippen molar-refractivity contribution in [3.8, 4) is 16.9 Å². The third-order valence-corrected chi connectivity index (χ3v) is 6.05. The molecule has 0 aliphatic heterocycles. The van der Waals surface area contributed by atoms with E-state index in [2.05, 4.69) is 4.98 Å². The van der Waals surface area contributed by atoms with Gasteiger partial charge in [-0.3, -0.25) is 0 Å². The summed E-state index contributed by atoms with van der Waals surface area (Å²) in [6, 6.07) is 7.74. The highest BCUT2D eigenvalue weighted by atomic mass is 32.2. The van der Waals surface area contributed by atoms with Crippen LogP contribution in [0.15, 0.2) is 50.8 Å². The van der Waals surface area contributed by atoms with Crippen LogP contribution in [-0.4, -0.2) is 15.8 Å². The molecule has 2 aromatic heterocycles. The third kappa shape index (κ3) is 5.35. The van der Waals surface area contributed by atoms with Crippen molar-refractivity contribution in [3.05, 3.63) is 75.0 Å². The predicted octanol–water partition coefficient (Wildman–Crippen LogP) is 6.19. The number of aromatic hydroxyl groups is 1. The number of alkyl halides is 3. The number of nitrogens with zero attached hydrogens (tertiary/aromatic N) is 1. The summed E-state index contributed by atoms with van der Waals surface area (Å²) >= 11 is 1.24. The van der Waals surface area contributed by atoms with E-state index in [0.29, 0.717) is 35.8 Å². The van der Waals surface area contributed by atoms with E-state index in [9.17, 15) is 23.1 Å². The van der Waals surface area contributed by atoms with Crippen molar-refractivity contribution in [3.63, 3.8) is 0 Å². The molecule has 0 saturated heterocycles. The van der Waals surface area contributed by atoms with E-state index in [1.807, 2.05) is 32.9 Å². The summed E-state index contributed by atoms with van der Waals surface area (Å²) in [5.74, 6) is 0.589. The van der Waals surface area contributed by atoms with Gasteiger partial charge in [-0.1, -0.05) is 31.5 Å². The van der Waals surface area contributed by atoms with Gasteiger partial charge in [0.1, 0.15) is 17.1 Å². The van der Waals surface area contributed by atoms with Gasteiger partial charge in [0.15, 0.2) is 0 Å². The summed E-state index contributed by atoms with van der Waals surface area (Å²) in [6.07, 6.45) is -1.90. The normalized spacial score (nSPS) is 11.7. The third-order valence-electron chi connectivity index (χ3n) is 5.10. The fourth-order valence-electron chi connectivity index (χ4n) is 3.59. The average molecular weight is 464 g/mol. The van der Waals surface area contributed by atoms with Crippen LogP contribution in [0.4, 0.5) is 13.2 Å². The predicted molar refractivity (Wildman–Crippen MR) is 119 cm³/mol. The number of halogens is 3. The second-order valence-corrected chi connectivity index (χ2v) is 8.52. The number of hydrogen-bond donors (Lipinski definition) is 1. The van der Waals surface area contributed by atoms with E-state index in [0.717, 1.165) is 34.5 Å². The van der Waals surface area contributed by atoms with Gasteiger partial charge in [0.25, 0.3) is 0 Å². The fourth-order valence-corrected chi connectivity index (χ4v) is 4.40. The lowest BCUT2D eigenvalue weighted by Gasteiger charge is -2.15. The molecule has 0 spiro atoms. The first-order valence-electron chi connectivity index (χ1n) is 10.3. The van der Waals surface area contributed by atoms with E-state index in [4.69, 9.17) is 4.42 Å². The molecule has 3 aromatic rings. The summed E-state index contributed by atoms with van der Waals surface area (Å²) in [6.45, 7) is 5.99. The molecule has 2 heterocycles. The zero-order chi connectivity index (χ0) is 23.5. The highest BCUT2D eigenvalue weighted by Gasteiger charge is 2.30. The van der Waals surface area contributed by atoms with E-state index >= 15 is 0 Å². The van der Waals surface area contributed by atoms with Crippen LogP contribution >= 0.6 is 11.8 Å². The van der Waals surface area contributed by atoms with Crippen LogP contribution < -0.4 is 5.63 Å². The number of benzene rings is 1. The molecule has 170 valence electrons. The van der Waals surface area contributed by atoms with Crippen LogP contribution in [-0.2, 0) is 25.4 Å². The Morgan fingerprint density at radius 2 is 1.72 bits per heavy atom. The van der Waals surface area contributed by atoms with Gasteiger partial charge in [0.05, 0.1) is 10.6 Å². The first-order chi connectivity index (χ1) is 15.1. The molecule has 1 N–H and O–H groups in total. The molecular formula is C24H24F3NO3S. The Morgan fingerprint density at radius 3 is 2.22 bits per heavy atom. The number of aryl methyl sites for hydroxylation is 4. The first-order valence-corrected chi connectivity index (χ1v) is 11.3. The Morgan fingerprint density at radius 1 is 1.06 bits per heavy atom. The van der Waals surface area contributed by atoms with Crippen LogP contribution in [0.2, 0.25) is 0 Å². The standard InChI is InChI=1S/C24H24F3NO3S/c1-4-15-10-14(3)11-16(5-2)21(15)22-19(29)12-18(31-23(22)30)8-9-32-20-7-6-17(13-28-20)24(25,26)27/h6-7,10-13,29H,4-5,8-9H2,1-3H3. The van der Waals surface area contributed by atoms with Crippen LogP contribution in [0.25, 0.3) is 11.1 Å². The van der Waals surface area contributed by atoms with Crippen molar-refractivity contribution in [2.45, 2.75) is 51.2 Å². The van der Waals surface area contributed by atoms with Gasteiger partial charge in [-0.2, -0.15) is 13.2 Å². The molecule has 0 radical (unpaired) electrons. The zero-order valence-electron chi connectivity index (χ0n) is 18.0. The Kier molecular flexibility index (Phi) is 7.33. The smallest absolute Gasteiger partial charge is 0.417 e. The molecular weight excluding hydrogens is 439 g/mol. The lowest BCUT2D eigenvalue weighted by atomic mass is 9.90. The van der Waals surface area contributed by atoms with Crippen LogP contribution in [0.1, 0.15) is 41.9 Å². The molecule has 0 unspecified atom stereocenters. The molecule has 0 amide bonds. The average Bonchev–Trinajstić information content (AvgIpc) is 2.73. The van der Waals surface area contributed by atoms with Crippen molar-refractivity contribution in [1.29, 1.82) is 0 Å². The van der Waals surface area contributed by atoms with E-state index in [-0.39, 0.29) is 11.3 Å². The van der Waals surface area contributed by atoms with Crippen LogP contribution in [0.3, 0.4) is 0 Å². The number of hydrogen-bond acceptors (Lipinski definition) is 5. The maximum Gasteiger partial charge on any atom is 0.417 e. The number of aromatic nitrogens is 1. The minimum atomic E-state index is -4.42. The van der Waals surface area contributed by atoms with Crippen molar-refractivity contribution in [1.82, 2.24) is 4.98 Å². The van der Waals surface area contributed by atoms with Gasteiger partial charge in [-0.15, -0.1) is 11.8 Å². The summed E-state index contributed by atoms with van der Waals surface area (Å²) in [5.41, 5.74) is 2.52. The molecule has 0 bridgehead atoms. The molecule has 0 atom stereocenters. The van der Waals surface area contributed by atoms with Gasteiger partial charge in [-0.25, -0.2) is 9.78 Å². The molecule has 8 heteroatoms. The second kappa shape index (κ2) is 9.81. The molecule has 0 aliphatic carbocycles.